The largest absolute Gasteiger partial charge is 0.507 e. The van der Waals surface area contributed by atoms with Crippen LogP contribution < -0.4 is 0 Å². The smallest absolute Gasteiger partial charge is 0.257 e. The maximum atomic E-state index is 12.6. The number of hydrogen-bond acceptors (Lipinski definition) is 2. The topological polar surface area (TPSA) is 40.5 Å². The van der Waals surface area contributed by atoms with Crippen LogP contribution in [-0.2, 0) is 0 Å². The van der Waals surface area contributed by atoms with Crippen molar-refractivity contribution >= 4 is 17.5 Å². The minimum absolute atomic E-state index is 0.00787. The molecule has 1 saturated heterocycles. The van der Waals surface area contributed by atoms with Crippen molar-refractivity contribution in [3.8, 4) is 5.75 Å². The maximum absolute atomic E-state index is 12.6. The normalized spacial score (nSPS) is 20.1. The summed E-state index contributed by atoms with van der Waals surface area (Å²) in [6.07, 6.45) is 5.37. The molecule has 1 atom stereocenters. The van der Waals surface area contributed by atoms with Gasteiger partial charge in [-0.25, -0.2) is 0 Å². The SMILES string of the molecule is CCC1CCCCCN1C(=O)c1cc(Cl)ccc1O. The summed E-state index contributed by atoms with van der Waals surface area (Å²) >= 11 is 5.92. The second-order valence-corrected chi connectivity index (χ2v) is 5.51. The van der Waals surface area contributed by atoms with E-state index in [1.807, 2.05) is 4.90 Å². The Morgan fingerprint density at radius 2 is 2.21 bits per heavy atom. The Morgan fingerprint density at radius 1 is 1.42 bits per heavy atom. The molecule has 4 heteroatoms. The Bertz CT molecular complexity index is 461. The van der Waals surface area contributed by atoms with Crippen LogP contribution in [-0.4, -0.2) is 28.5 Å². The van der Waals surface area contributed by atoms with E-state index in [9.17, 15) is 9.90 Å². The molecule has 2 rings (SSSR count). The number of phenolic OH excluding ortho intramolecular Hbond substituents is 1. The molecule has 1 aromatic carbocycles. The average molecular weight is 282 g/mol. The lowest BCUT2D eigenvalue weighted by atomic mass is 10.1. The molecule has 0 aromatic heterocycles. The third kappa shape index (κ3) is 3.21. The van der Waals surface area contributed by atoms with Crippen LogP contribution in [0.3, 0.4) is 0 Å². The highest BCUT2D eigenvalue weighted by atomic mass is 35.5. The molecule has 0 radical (unpaired) electrons. The number of benzene rings is 1. The van der Waals surface area contributed by atoms with Gasteiger partial charge in [-0.15, -0.1) is 0 Å². The van der Waals surface area contributed by atoms with Crippen molar-refractivity contribution in [2.45, 2.75) is 45.1 Å². The van der Waals surface area contributed by atoms with E-state index in [4.69, 9.17) is 11.6 Å². The summed E-state index contributed by atoms with van der Waals surface area (Å²) in [4.78, 5) is 14.5. The van der Waals surface area contributed by atoms with Crippen LogP contribution in [0, 0.1) is 0 Å². The fourth-order valence-corrected chi connectivity index (χ4v) is 2.88. The standard InChI is InChI=1S/C15H20ClNO2/c1-2-12-6-4-3-5-9-17(12)15(19)13-10-11(16)7-8-14(13)18/h7-8,10,12,18H,2-6,9H2,1H3. The van der Waals surface area contributed by atoms with Crippen molar-refractivity contribution in [3.05, 3.63) is 28.8 Å². The molecule has 19 heavy (non-hydrogen) atoms. The van der Waals surface area contributed by atoms with Crippen molar-refractivity contribution in [2.24, 2.45) is 0 Å². The van der Waals surface area contributed by atoms with E-state index in [1.165, 1.54) is 18.9 Å². The van der Waals surface area contributed by atoms with Crippen LogP contribution in [0.25, 0.3) is 0 Å². The van der Waals surface area contributed by atoms with Crippen LogP contribution >= 0.6 is 11.6 Å². The first-order valence-corrected chi connectivity index (χ1v) is 7.30. The highest BCUT2D eigenvalue weighted by Gasteiger charge is 2.26. The predicted molar refractivity (Wildman–Crippen MR) is 76.7 cm³/mol. The lowest BCUT2D eigenvalue weighted by molar-refractivity contribution is 0.0675. The Kier molecular flexibility index (Phi) is 4.70. The van der Waals surface area contributed by atoms with Gasteiger partial charge in [-0.05, 0) is 37.5 Å². The van der Waals surface area contributed by atoms with E-state index in [-0.39, 0.29) is 17.7 Å². The number of carbonyl (C=O) groups excluding carboxylic acids is 1. The third-order valence-electron chi connectivity index (χ3n) is 3.80. The predicted octanol–water partition coefficient (Wildman–Crippen LogP) is 3.84. The highest BCUT2D eigenvalue weighted by molar-refractivity contribution is 6.31. The van der Waals surface area contributed by atoms with Crippen molar-refractivity contribution < 1.29 is 9.90 Å². The van der Waals surface area contributed by atoms with Crippen LogP contribution in [0.2, 0.25) is 5.02 Å². The number of halogens is 1. The number of phenols is 1. The molecule has 1 amide bonds. The van der Waals surface area contributed by atoms with Crippen molar-refractivity contribution in [2.75, 3.05) is 6.54 Å². The van der Waals surface area contributed by atoms with Gasteiger partial charge in [0.1, 0.15) is 5.75 Å². The summed E-state index contributed by atoms with van der Waals surface area (Å²) in [7, 11) is 0. The Hall–Kier alpha value is -1.22. The minimum atomic E-state index is -0.103. The molecule has 104 valence electrons. The minimum Gasteiger partial charge on any atom is -0.507 e. The number of amides is 1. The van der Waals surface area contributed by atoms with E-state index in [1.54, 1.807) is 12.1 Å². The maximum Gasteiger partial charge on any atom is 0.257 e. The molecule has 3 nitrogen and oxygen atoms in total. The molecule has 1 unspecified atom stereocenters. The summed E-state index contributed by atoms with van der Waals surface area (Å²) in [6, 6.07) is 4.90. The van der Waals surface area contributed by atoms with Crippen LogP contribution in [0.15, 0.2) is 18.2 Å². The molecule has 1 N–H and O–H groups in total. The number of aromatic hydroxyl groups is 1. The summed E-state index contributed by atoms with van der Waals surface area (Å²) < 4.78 is 0. The second-order valence-electron chi connectivity index (χ2n) is 5.07. The molecule has 0 saturated carbocycles. The van der Waals surface area contributed by atoms with E-state index in [0.717, 1.165) is 25.8 Å². The first-order chi connectivity index (χ1) is 9.13. The van der Waals surface area contributed by atoms with Gasteiger partial charge < -0.3 is 10.0 Å². The van der Waals surface area contributed by atoms with Gasteiger partial charge in [-0.3, -0.25) is 4.79 Å². The number of hydrogen-bond donors (Lipinski definition) is 1. The van der Waals surface area contributed by atoms with Crippen molar-refractivity contribution in [1.82, 2.24) is 4.90 Å². The third-order valence-corrected chi connectivity index (χ3v) is 4.03. The molecule has 1 fully saturated rings. The first-order valence-electron chi connectivity index (χ1n) is 6.93. The average Bonchev–Trinajstić information content (AvgIpc) is 2.65. The Balaban J connectivity index is 2.27. The molecule has 1 aliphatic rings. The zero-order chi connectivity index (χ0) is 13.8. The summed E-state index contributed by atoms with van der Waals surface area (Å²) in [5, 5.41) is 10.3. The molecular weight excluding hydrogens is 262 g/mol. The zero-order valence-electron chi connectivity index (χ0n) is 11.2. The molecule has 0 bridgehead atoms. The first kappa shape index (κ1) is 14.2. The number of likely N-dealkylation sites (tertiary alicyclic amines) is 1. The van der Waals surface area contributed by atoms with Crippen LogP contribution in [0.4, 0.5) is 0 Å². The van der Waals surface area contributed by atoms with E-state index in [2.05, 4.69) is 6.92 Å². The lowest BCUT2D eigenvalue weighted by Gasteiger charge is -2.29. The van der Waals surface area contributed by atoms with Gasteiger partial charge in [0, 0.05) is 17.6 Å². The number of carbonyl (C=O) groups is 1. The lowest BCUT2D eigenvalue weighted by Crippen LogP contribution is -2.39. The monoisotopic (exact) mass is 281 g/mol. The highest BCUT2D eigenvalue weighted by Crippen LogP contribution is 2.27. The Morgan fingerprint density at radius 3 is 2.95 bits per heavy atom. The van der Waals surface area contributed by atoms with Gasteiger partial charge in [-0.1, -0.05) is 31.4 Å². The van der Waals surface area contributed by atoms with E-state index >= 15 is 0 Å². The second kappa shape index (κ2) is 6.29. The van der Waals surface area contributed by atoms with Crippen LogP contribution in [0.1, 0.15) is 49.4 Å². The van der Waals surface area contributed by atoms with Crippen LogP contribution in [0.5, 0.6) is 5.75 Å². The van der Waals surface area contributed by atoms with Gasteiger partial charge in [0.25, 0.3) is 5.91 Å². The fraction of sp³-hybridized carbons (Fsp3) is 0.533. The summed E-state index contributed by atoms with van der Waals surface area (Å²) in [5.41, 5.74) is 0.313. The number of rotatable bonds is 2. The van der Waals surface area contributed by atoms with Gasteiger partial charge >= 0.3 is 0 Å². The Labute approximate surface area is 119 Å². The zero-order valence-corrected chi connectivity index (χ0v) is 12.0. The summed E-state index contributed by atoms with van der Waals surface area (Å²) in [6.45, 7) is 2.87. The molecular formula is C15H20ClNO2. The molecule has 0 aliphatic carbocycles. The van der Waals surface area contributed by atoms with Crippen molar-refractivity contribution in [3.63, 3.8) is 0 Å². The molecule has 1 aliphatic heterocycles. The van der Waals surface area contributed by atoms with Gasteiger partial charge in [-0.2, -0.15) is 0 Å². The van der Waals surface area contributed by atoms with Gasteiger partial charge in [0.2, 0.25) is 0 Å². The fourth-order valence-electron chi connectivity index (χ4n) is 2.70. The quantitative estimate of drug-likeness (QED) is 0.895. The molecule has 1 aromatic rings. The summed E-state index contributed by atoms with van der Waals surface area (Å²) in [5.74, 6) is -0.0951. The molecule has 1 heterocycles. The molecule has 0 spiro atoms. The van der Waals surface area contributed by atoms with E-state index < -0.39 is 0 Å². The van der Waals surface area contributed by atoms with Crippen molar-refractivity contribution in [1.29, 1.82) is 0 Å². The van der Waals surface area contributed by atoms with E-state index in [0.29, 0.717) is 10.6 Å². The number of nitrogens with zero attached hydrogens (tertiary/aromatic N) is 1. The van der Waals surface area contributed by atoms with Gasteiger partial charge in [0.15, 0.2) is 0 Å². The van der Waals surface area contributed by atoms with Gasteiger partial charge in [0.05, 0.1) is 5.56 Å².